The zero-order valence-corrected chi connectivity index (χ0v) is 23.5. The average molecular weight is 587 g/mol. The van der Waals surface area contributed by atoms with Crippen LogP contribution in [0.5, 0.6) is 0 Å². The fourth-order valence-corrected chi connectivity index (χ4v) is 5.64. The first kappa shape index (κ1) is 29.2. The molecule has 0 aromatic heterocycles. The third kappa shape index (κ3) is 7.22. The Morgan fingerprint density at radius 2 is 1.58 bits per heavy atom. The molecule has 4 rings (SSSR count). The Balaban J connectivity index is 1.71. The van der Waals surface area contributed by atoms with E-state index in [1.54, 1.807) is 11.2 Å². The summed E-state index contributed by atoms with van der Waals surface area (Å²) in [6.07, 6.45) is -9.10. The van der Waals surface area contributed by atoms with E-state index in [0.717, 1.165) is 22.9 Å². The molecule has 0 radical (unpaired) electrons. The average Bonchev–Trinajstić information content (AvgIpc) is 3.34. The number of halogens is 3. The maximum atomic E-state index is 14.5. The number of hydrogen-bond acceptors (Lipinski definition) is 9. The summed E-state index contributed by atoms with van der Waals surface area (Å²) in [5.74, 6) is 0. The number of alkyl halides is 3. The van der Waals surface area contributed by atoms with E-state index in [4.69, 9.17) is 36.2 Å². The summed E-state index contributed by atoms with van der Waals surface area (Å²) in [5, 5.41) is 0.639. The number of ether oxygens (including phenoxy) is 4. The van der Waals surface area contributed by atoms with E-state index >= 15 is 0 Å². The van der Waals surface area contributed by atoms with Crippen LogP contribution in [0.4, 0.5) is 13.2 Å². The molecule has 1 saturated heterocycles. The normalized spacial score (nSPS) is 25.8. The zero-order valence-electron chi connectivity index (χ0n) is 21.0. The van der Waals surface area contributed by atoms with Gasteiger partial charge < -0.3 is 23.8 Å². The van der Waals surface area contributed by atoms with Crippen molar-refractivity contribution in [3.05, 3.63) is 71.8 Å². The van der Waals surface area contributed by atoms with Gasteiger partial charge in [-0.1, -0.05) is 84.2 Å². The van der Waals surface area contributed by atoms with Gasteiger partial charge in [0.05, 0.1) is 13.2 Å². The lowest BCUT2D eigenvalue weighted by atomic mass is 9.93. The first-order chi connectivity index (χ1) is 18.2. The van der Waals surface area contributed by atoms with E-state index < -0.39 is 42.1 Å². The molecular weight excluding hydrogens is 557 g/mol. The van der Waals surface area contributed by atoms with Gasteiger partial charge in [0.2, 0.25) is 10.5 Å². The van der Waals surface area contributed by atoms with Crippen LogP contribution in [-0.4, -0.2) is 76.9 Å². The molecular formula is C26H29F3N2O4S3. The second kappa shape index (κ2) is 13.0. The molecule has 2 heterocycles. The Morgan fingerprint density at radius 1 is 1.03 bits per heavy atom. The summed E-state index contributed by atoms with van der Waals surface area (Å²) < 4.78 is 67.0. The van der Waals surface area contributed by atoms with Gasteiger partial charge in [0.1, 0.15) is 29.8 Å². The van der Waals surface area contributed by atoms with Crippen molar-refractivity contribution in [3.8, 4) is 0 Å². The van der Waals surface area contributed by atoms with Gasteiger partial charge in [-0.15, -0.1) is 0 Å². The maximum absolute atomic E-state index is 14.5. The Kier molecular flexibility index (Phi) is 9.99. The van der Waals surface area contributed by atoms with Gasteiger partial charge in [-0.25, -0.2) is 0 Å². The molecule has 6 nitrogen and oxygen atoms in total. The number of aliphatic imine (C=N–C) groups is 1. The van der Waals surface area contributed by atoms with Crippen molar-refractivity contribution >= 4 is 45.3 Å². The van der Waals surface area contributed by atoms with Crippen LogP contribution < -0.4 is 0 Å². The van der Waals surface area contributed by atoms with Gasteiger partial charge in [-0.2, -0.15) is 13.2 Å². The van der Waals surface area contributed by atoms with Crippen molar-refractivity contribution in [2.75, 3.05) is 20.4 Å². The third-order valence-electron chi connectivity index (χ3n) is 6.00. The lowest BCUT2D eigenvalue weighted by Gasteiger charge is -2.45. The fraction of sp³-hybridized carbons (Fsp3) is 0.462. The highest BCUT2D eigenvalue weighted by atomic mass is 32.2. The molecule has 2 aromatic carbocycles. The van der Waals surface area contributed by atoms with Crippen molar-refractivity contribution < 1.29 is 32.1 Å². The van der Waals surface area contributed by atoms with Crippen LogP contribution in [0, 0.1) is 0 Å². The summed E-state index contributed by atoms with van der Waals surface area (Å²) in [7, 11) is 3.64. The number of thiocarbonyl (C=S) groups is 1. The lowest BCUT2D eigenvalue weighted by molar-refractivity contribution is -0.278. The third-order valence-corrected chi connectivity index (χ3v) is 8.33. The van der Waals surface area contributed by atoms with E-state index in [0.29, 0.717) is 5.17 Å². The SMILES string of the molecule is CSC(=S)O[C@@H]([C@H]1O[C@@H]2SC(N(C)C)=N[C@@H]2[C@@H](OCc2ccccc2)[C@@H]1OCc1ccccc1)C(F)(F)F. The fourth-order valence-electron chi connectivity index (χ4n) is 4.20. The molecule has 2 aliphatic rings. The summed E-state index contributed by atoms with van der Waals surface area (Å²) in [6, 6.07) is 18.1. The molecule has 0 amide bonds. The minimum Gasteiger partial charge on any atom is -0.463 e. The molecule has 0 spiro atoms. The maximum Gasteiger partial charge on any atom is 0.428 e. The molecule has 2 aliphatic heterocycles. The van der Waals surface area contributed by atoms with Crippen LogP contribution in [0.2, 0.25) is 0 Å². The van der Waals surface area contributed by atoms with Crippen LogP contribution in [0.3, 0.4) is 0 Å². The summed E-state index contributed by atoms with van der Waals surface area (Å²) in [6.45, 7) is 0.230. The van der Waals surface area contributed by atoms with Crippen molar-refractivity contribution in [1.29, 1.82) is 0 Å². The van der Waals surface area contributed by atoms with Gasteiger partial charge in [0, 0.05) is 14.1 Å². The monoisotopic (exact) mass is 586 g/mol. The number of nitrogens with zero attached hydrogens (tertiary/aromatic N) is 2. The van der Waals surface area contributed by atoms with E-state index in [9.17, 15) is 13.2 Å². The number of benzene rings is 2. The van der Waals surface area contributed by atoms with Crippen molar-refractivity contribution in [2.45, 2.75) is 55.3 Å². The summed E-state index contributed by atoms with van der Waals surface area (Å²) in [4.78, 5) is 6.57. The van der Waals surface area contributed by atoms with Crippen LogP contribution in [0.1, 0.15) is 11.1 Å². The first-order valence-corrected chi connectivity index (χ1v) is 14.4. The second-order valence-corrected chi connectivity index (χ2v) is 11.4. The minimum atomic E-state index is -4.77. The van der Waals surface area contributed by atoms with Gasteiger partial charge >= 0.3 is 6.18 Å². The molecule has 2 aromatic rings. The number of amidine groups is 1. The standard InChI is InChI=1S/C26H29F3N2O4S3/c1-31(2)24-30-18-19(32-14-16-10-6-4-7-11-16)20(33-15-17-12-8-5-9-13-17)21(34-23(18)38-24)22(26(27,28)29)35-25(36)37-3/h4-13,18-23H,14-15H2,1-3H3/t18-,19-,20+,21+,22+,23-/m1/s1. The Morgan fingerprint density at radius 3 is 2.08 bits per heavy atom. The predicted octanol–water partition coefficient (Wildman–Crippen LogP) is 5.51. The summed E-state index contributed by atoms with van der Waals surface area (Å²) >= 11 is 7.20. The second-order valence-electron chi connectivity index (χ2n) is 8.94. The summed E-state index contributed by atoms with van der Waals surface area (Å²) in [5.41, 5.74) is 0.965. The highest BCUT2D eigenvalue weighted by molar-refractivity contribution is 8.22. The van der Waals surface area contributed by atoms with E-state index in [-0.39, 0.29) is 17.6 Å². The largest absolute Gasteiger partial charge is 0.463 e. The molecule has 1 fully saturated rings. The lowest BCUT2D eigenvalue weighted by Crippen LogP contribution is -2.63. The van der Waals surface area contributed by atoms with Crippen molar-refractivity contribution in [2.24, 2.45) is 4.99 Å². The smallest absolute Gasteiger partial charge is 0.428 e. The molecule has 206 valence electrons. The van der Waals surface area contributed by atoms with Crippen LogP contribution in [0.25, 0.3) is 0 Å². The molecule has 0 N–H and O–H groups in total. The number of rotatable bonds is 8. The van der Waals surface area contributed by atoms with Crippen molar-refractivity contribution in [1.82, 2.24) is 4.90 Å². The quantitative estimate of drug-likeness (QED) is 0.376. The van der Waals surface area contributed by atoms with E-state index in [2.05, 4.69) is 0 Å². The molecule has 0 unspecified atom stereocenters. The van der Waals surface area contributed by atoms with Crippen LogP contribution in [0.15, 0.2) is 65.7 Å². The first-order valence-electron chi connectivity index (χ1n) is 11.9. The van der Waals surface area contributed by atoms with Gasteiger partial charge in [0.15, 0.2) is 5.17 Å². The van der Waals surface area contributed by atoms with Gasteiger partial charge in [0.25, 0.3) is 0 Å². The van der Waals surface area contributed by atoms with E-state index in [1.807, 2.05) is 74.8 Å². The number of thioether (sulfide) groups is 2. The van der Waals surface area contributed by atoms with E-state index in [1.165, 1.54) is 11.8 Å². The zero-order chi connectivity index (χ0) is 27.3. The van der Waals surface area contributed by atoms with Crippen molar-refractivity contribution in [3.63, 3.8) is 0 Å². The molecule has 38 heavy (non-hydrogen) atoms. The van der Waals surface area contributed by atoms with Gasteiger partial charge in [-0.3, -0.25) is 4.99 Å². The molecule has 6 atom stereocenters. The highest BCUT2D eigenvalue weighted by Gasteiger charge is 2.59. The topological polar surface area (TPSA) is 52.5 Å². The number of fused-ring (bicyclic) bond motifs is 1. The van der Waals surface area contributed by atoms with Crippen LogP contribution >= 0.6 is 35.7 Å². The molecule has 12 heteroatoms. The minimum absolute atomic E-state index is 0.0584. The highest BCUT2D eigenvalue weighted by Crippen LogP contribution is 2.43. The molecule has 0 bridgehead atoms. The Bertz CT molecular complexity index is 1090. The predicted molar refractivity (Wildman–Crippen MR) is 148 cm³/mol. The Labute approximate surface area is 234 Å². The number of hydrogen-bond donors (Lipinski definition) is 0. The Hall–Kier alpha value is -1.83. The molecule has 0 saturated carbocycles. The van der Waals surface area contributed by atoms with Crippen LogP contribution in [-0.2, 0) is 32.2 Å². The van der Waals surface area contributed by atoms with Gasteiger partial charge in [-0.05, 0) is 29.6 Å². The molecule has 0 aliphatic carbocycles.